The summed E-state index contributed by atoms with van der Waals surface area (Å²) >= 11 is 0. The van der Waals surface area contributed by atoms with Crippen LogP contribution in [0.1, 0.15) is 18.1 Å². The maximum Gasteiger partial charge on any atom is 0.331 e. The van der Waals surface area contributed by atoms with Crippen molar-refractivity contribution in [3.8, 4) is 5.75 Å². The van der Waals surface area contributed by atoms with Crippen LogP contribution >= 0.6 is 0 Å². The van der Waals surface area contributed by atoms with Gasteiger partial charge in [0.2, 0.25) is 0 Å². The van der Waals surface area contributed by atoms with Gasteiger partial charge in [0.25, 0.3) is 5.91 Å². The summed E-state index contributed by atoms with van der Waals surface area (Å²) in [5.74, 6) is -0.913. The minimum atomic E-state index is -0.655. The monoisotopic (exact) mass is 357 g/mol. The third-order valence-corrected chi connectivity index (χ3v) is 3.40. The summed E-state index contributed by atoms with van der Waals surface area (Å²) in [6.45, 7) is 1.97. The molecule has 26 heavy (non-hydrogen) atoms. The summed E-state index contributed by atoms with van der Waals surface area (Å²) in [7, 11) is 0. The molecule has 2 aromatic rings. The molecule has 6 heteroatoms. The van der Waals surface area contributed by atoms with Gasteiger partial charge < -0.3 is 14.8 Å². The highest BCUT2D eigenvalue weighted by molar-refractivity contribution is 5.89. The van der Waals surface area contributed by atoms with E-state index in [1.54, 1.807) is 36.4 Å². The van der Waals surface area contributed by atoms with E-state index in [0.717, 1.165) is 5.56 Å². The molecule has 0 aliphatic heterocycles. The molecule has 0 spiro atoms. The van der Waals surface area contributed by atoms with Gasteiger partial charge in [-0.25, -0.2) is 9.18 Å². The van der Waals surface area contributed by atoms with E-state index < -0.39 is 24.3 Å². The van der Waals surface area contributed by atoms with Crippen molar-refractivity contribution in [1.29, 1.82) is 0 Å². The molecule has 0 aliphatic carbocycles. The Morgan fingerprint density at radius 1 is 1.12 bits per heavy atom. The maximum atomic E-state index is 13.4. The highest BCUT2D eigenvalue weighted by Gasteiger charge is 2.07. The van der Waals surface area contributed by atoms with Crippen LogP contribution in [-0.4, -0.2) is 25.1 Å². The highest BCUT2D eigenvalue weighted by Crippen LogP contribution is 2.19. The zero-order chi connectivity index (χ0) is 18.8. The molecular weight excluding hydrogens is 337 g/mol. The molecule has 0 fully saturated rings. The molecule has 2 rings (SSSR count). The second-order valence-corrected chi connectivity index (χ2v) is 5.28. The van der Waals surface area contributed by atoms with E-state index in [0.29, 0.717) is 17.9 Å². The lowest BCUT2D eigenvalue weighted by atomic mass is 10.2. The summed E-state index contributed by atoms with van der Waals surface area (Å²) in [4.78, 5) is 23.4. The lowest BCUT2D eigenvalue weighted by Gasteiger charge is -2.07. The molecule has 1 amide bonds. The van der Waals surface area contributed by atoms with E-state index in [2.05, 4.69) is 5.32 Å². The molecule has 0 aliphatic rings. The number of hydrogen-bond donors (Lipinski definition) is 1. The first-order valence-electron chi connectivity index (χ1n) is 8.17. The van der Waals surface area contributed by atoms with Crippen molar-refractivity contribution in [2.75, 3.05) is 13.2 Å². The number of hydrogen-bond acceptors (Lipinski definition) is 4. The normalized spacial score (nSPS) is 10.5. The topological polar surface area (TPSA) is 64.6 Å². The van der Waals surface area contributed by atoms with Gasteiger partial charge in [0.05, 0.1) is 6.61 Å². The molecule has 0 saturated heterocycles. The van der Waals surface area contributed by atoms with Crippen molar-refractivity contribution < 1.29 is 23.5 Å². The van der Waals surface area contributed by atoms with E-state index in [1.165, 1.54) is 12.1 Å². The highest BCUT2D eigenvalue weighted by atomic mass is 19.1. The summed E-state index contributed by atoms with van der Waals surface area (Å²) in [6.07, 6.45) is 2.78. The van der Waals surface area contributed by atoms with Crippen LogP contribution in [0.5, 0.6) is 5.75 Å². The number of nitrogens with one attached hydrogen (secondary N) is 1. The van der Waals surface area contributed by atoms with Crippen molar-refractivity contribution in [1.82, 2.24) is 5.32 Å². The third kappa shape index (κ3) is 6.05. The molecule has 0 bridgehead atoms. The summed E-state index contributed by atoms with van der Waals surface area (Å²) in [6, 6.07) is 13.4. The molecule has 2 aromatic carbocycles. The molecule has 136 valence electrons. The number of carbonyl (C=O) groups is 2. The predicted molar refractivity (Wildman–Crippen MR) is 95.9 cm³/mol. The lowest BCUT2D eigenvalue weighted by molar-refractivity contribution is -0.143. The van der Waals surface area contributed by atoms with Crippen LogP contribution in [0.25, 0.3) is 6.08 Å². The van der Waals surface area contributed by atoms with Crippen LogP contribution in [0.4, 0.5) is 4.39 Å². The first kappa shape index (κ1) is 19.2. The minimum absolute atomic E-state index is 0.0284. The SMILES string of the molecule is CCOc1ccccc1/C=C/C(=O)OCC(=O)NCc1ccccc1F. The van der Waals surface area contributed by atoms with Crippen LogP contribution < -0.4 is 10.1 Å². The van der Waals surface area contributed by atoms with Crippen LogP contribution in [-0.2, 0) is 20.9 Å². The average Bonchev–Trinajstić information content (AvgIpc) is 2.65. The van der Waals surface area contributed by atoms with Gasteiger partial charge in [-0.1, -0.05) is 36.4 Å². The second-order valence-electron chi connectivity index (χ2n) is 5.28. The van der Waals surface area contributed by atoms with E-state index in [4.69, 9.17) is 9.47 Å². The number of esters is 1. The third-order valence-electron chi connectivity index (χ3n) is 3.40. The molecule has 0 aromatic heterocycles. The van der Waals surface area contributed by atoms with Crippen LogP contribution in [0, 0.1) is 5.82 Å². The number of rotatable bonds is 8. The van der Waals surface area contributed by atoms with Gasteiger partial charge in [0.15, 0.2) is 6.61 Å². The standard InChI is InChI=1S/C20H20FNO4/c1-2-25-18-10-6-4-7-15(18)11-12-20(24)26-14-19(23)22-13-16-8-3-5-9-17(16)21/h3-12H,2,13-14H2,1H3,(H,22,23)/b12-11+. The summed E-state index contributed by atoms with van der Waals surface area (Å²) in [5.41, 5.74) is 1.09. The van der Waals surface area contributed by atoms with Crippen molar-refractivity contribution in [3.63, 3.8) is 0 Å². The van der Waals surface area contributed by atoms with Gasteiger partial charge >= 0.3 is 5.97 Å². The molecule has 0 unspecified atom stereocenters. The fourth-order valence-electron chi connectivity index (χ4n) is 2.13. The first-order valence-corrected chi connectivity index (χ1v) is 8.17. The Hall–Kier alpha value is -3.15. The van der Waals surface area contributed by atoms with Crippen molar-refractivity contribution in [3.05, 3.63) is 71.6 Å². The van der Waals surface area contributed by atoms with Gasteiger partial charge in [0.1, 0.15) is 11.6 Å². The number of benzene rings is 2. The quantitative estimate of drug-likeness (QED) is 0.582. The van der Waals surface area contributed by atoms with Gasteiger partial charge in [-0.2, -0.15) is 0 Å². The van der Waals surface area contributed by atoms with Crippen molar-refractivity contribution in [2.24, 2.45) is 0 Å². The second kappa shape index (κ2) is 9.98. The molecule has 1 N–H and O–H groups in total. The number of halogens is 1. The Balaban J connectivity index is 1.79. The van der Waals surface area contributed by atoms with Crippen LogP contribution in [0.15, 0.2) is 54.6 Å². The number of para-hydroxylation sites is 1. The Labute approximate surface area is 151 Å². The van der Waals surface area contributed by atoms with E-state index in [1.807, 2.05) is 19.1 Å². The fraction of sp³-hybridized carbons (Fsp3) is 0.200. The number of amides is 1. The van der Waals surface area contributed by atoms with Gasteiger partial charge in [-0.3, -0.25) is 4.79 Å². The van der Waals surface area contributed by atoms with Gasteiger partial charge in [0, 0.05) is 23.7 Å². The smallest absolute Gasteiger partial charge is 0.331 e. The fourth-order valence-corrected chi connectivity index (χ4v) is 2.13. The first-order chi connectivity index (χ1) is 12.6. The zero-order valence-corrected chi connectivity index (χ0v) is 14.4. The maximum absolute atomic E-state index is 13.4. The number of carbonyl (C=O) groups excluding carboxylic acids is 2. The molecule has 0 saturated carbocycles. The Morgan fingerprint density at radius 2 is 1.85 bits per heavy atom. The van der Waals surface area contributed by atoms with E-state index in [9.17, 15) is 14.0 Å². The van der Waals surface area contributed by atoms with Crippen molar-refractivity contribution in [2.45, 2.75) is 13.5 Å². The minimum Gasteiger partial charge on any atom is -0.493 e. The lowest BCUT2D eigenvalue weighted by Crippen LogP contribution is -2.28. The molecular formula is C20H20FNO4. The molecule has 0 heterocycles. The summed E-state index contributed by atoms with van der Waals surface area (Å²) < 4.78 is 23.8. The predicted octanol–water partition coefficient (Wildman–Crippen LogP) is 3.10. The molecule has 0 atom stereocenters. The van der Waals surface area contributed by atoms with Gasteiger partial charge in [-0.05, 0) is 25.1 Å². The van der Waals surface area contributed by atoms with Crippen LogP contribution in [0.3, 0.4) is 0 Å². The largest absolute Gasteiger partial charge is 0.493 e. The Bertz CT molecular complexity index is 789. The van der Waals surface area contributed by atoms with Crippen molar-refractivity contribution >= 4 is 18.0 Å². The Morgan fingerprint density at radius 3 is 2.62 bits per heavy atom. The van der Waals surface area contributed by atoms with Crippen LogP contribution in [0.2, 0.25) is 0 Å². The average molecular weight is 357 g/mol. The zero-order valence-electron chi connectivity index (χ0n) is 14.4. The molecule has 0 radical (unpaired) electrons. The molecule has 5 nitrogen and oxygen atoms in total. The van der Waals surface area contributed by atoms with Gasteiger partial charge in [-0.15, -0.1) is 0 Å². The summed E-state index contributed by atoms with van der Waals surface area (Å²) in [5, 5.41) is 2.49. The van der Waals surface area contributed by atoms with E-state index >= 15 is 0 Å². The van der Waals surface area contributed by atoms with E-state index in [-0.39, 0.29) is 6.54 Å². The number of ether oxygens (including phenoxy) is 2. The Kier molecular flexibility index (Phi) is 7.36.